The van der Waals surface area contributed by atoms with Crippen LogP contribution in [0.3, 0.4) is 0 Å². The van der Waals surface area contributed by atoms with E-state index in [1.807, 2.05) is 0 Å². The van der Waals surface area contributed by atoms with E-state index in [0.717, 1.165) is 12.8 Å². The molecule has 0 unspecified atom stereocenters. The molecule has 1 aliphatic carbocycles. The van der Waals surface area contributed by atoms with Crippen LogP contribution in [0.2, 0.25) is 16.6 Å². The van der Waals surface area contributed by atoms with Crippen LogP contribution in [-0.4, -0.2) is 34.6 Å². The average molecular weight is 365 g/mol. The van der Waals surface area contributed by atoms with Crippen molar-refractivity contribution in [3.05, 3.63) is 0 Å². The van der Waals surface area contributed by atoms with Crippen molar-refractivity contribution in [2.24, 2.45) is 16.8 Å². The highest BCUT2D eigenvalue weighted by molar-refractivity contribution is 7.89. The Morgan fingerprint density at radius 1 is 1.04 bits per heavy atom. The van der Waals surface area contributed by atoms with E-state index in [1.54, 1.807) is 0 Å². The molecule has 0 aromatic carbocycles. The Kier molecular flexibility index (Phi) is 7.29. The van der Waals surface area contributed by atoms with Crippen molar-refractivity contribution in [1.82, 2.24) is 0 Å². The lowest BCUT2D eigenvalue weighted by molar-refractivity contribution is 0.132. The molecule has 5 nitrogen and oxygen atoms in total. The number of rotatable bonds is 8. The molecule has 0 amide bonds. The largest absolute Gasteiger partial charge is 0.413 e. The molecular weight excluding hydrogens is 328 g/mol. The molecule has 0 aromatic heterocycles. The second-order valence-corrected chi connectivity index (χ2v) is 15.3. The topological polar surface area (TPSA) is 95.4 Å². The second kappa shape index (κ2) is 7.95. The lowest BCUT2D eigenvalue weighted by atomic mass is 10.0. The number of sulfonamides is 1. The summed E-state index contributed by atoms with van der Waals surface area (Å²) >= 11 is 0. The van der Waals surface area contributed by atoms with Crippen LogP contribution in [0.1, 0.15) is 60.8 Å². The van der Waals surface area contributed by atoms with E-state index in [1.165, 1.54) is 0 Å². The predicted molar refractivity (Wildman–Crippen MR) is 99.2 cm³/mol. The van der Waals surface area contributed by atoms with Gasteiger partial charge in [-0.1, -0.05) is 41.5 Å². The molecule has 1 saturated carbocycles. The molecule has 23 heavy (non-hydrogen) atoms. The van der Waals surface area contributed by atoms with Gasteiger partial charge in [-0.3, -0.25) is 0 Å². The fourth-order valence-electron chi connectivity index (χ4n) is 4.56. The molecule has 1 rings (SSSR count). The normalized spacial score (nSPS) is 26.7. The molecule has 0 spiro atoms. The summed E-state index contributed by atoms with van der Waals surface area (Å²) in [5, 5.41) is 5.17. The Balaban J connectivity index is 2.96. The lowest BCUT2D eigenvalue weighted by Gasteiger charge is -2.45. The number of nitrogens with two attached hydrogens (primary N) is 2. The van der Waals surface area contributed by atoms with Gasteiger partial charge >= 0.3 is 0 Å². The first-order valence-corrected chi connectivity index (χ1v) is 12.7. The minimum atomic E-state index is -3.43. The molecule has 0 heterocycles. The SMILES string of the molecule is CC(C)[Si](O[C@H]1C[C@H](N)C[C@@H]1CCS(N)(=O)=O)(C(C)C)C(C)C. The molecule has 0 bridgehead atoms. The minimum absolute atomic E-state index is 0.0177. The summed E-state index contributed by atoms with van der Waals surface area (Å²) in [5.41, 5.74) is 7.69. The molecule has 0 aliphatic heterocycles. The van der Waals surface area contributed by atoms with Gasteiger partial charge in [-0.05, 0) is 41.8 Å². The van der Waals surface area contributed by atoms with Gasteiger partial charge in [0.15, 0.2) is 0 Å². The third-order valence-corrected chi connectivity index (χ3v) is 12.4. The molecule has 138 valence electrons. The van der Waals surface area contributed by atoms with Crippen molar-refractivity contribution in [3.8, 4) is 0 Å². The van der Waals surface area contributed by atoms with Gasteiger partial charge in [0.25, 0.3) is 0 Å². The van der Waals surface area contributed by atoms with Crippen LogP contribution in [-0.2, 0) is 14.4 Å². The second-order valence-electron chi connectivity index (χ2n) is 8.12. The first-order valence-electron chi connectivity index (χ1n) is 8.84. The maximum absolute atomic E-state index is 11.3. The van der Waals surface area contributed by atoms with Crippen LogP contribution in [0.15, 0.2) is 0 Å². The Morgan fingerprint density at radius 2 is 1.52 bits per heavy atom. The predicted octanol–water partition coefficient (Wildman–Crippen LogP) is 2.96. The Hall–Kier alpha value is 0.0469. The fraction of sp³-hybridized carbons (Fsp3) is 1.00. The summed E-state index contributed by atoms with van der Waals surface area (Å²) < 4.78 is 29.5. The number of primary sulfonamides is 1. The van der Waals surface area contributed by atoms with Crippen LogP contribution in [0.4, 0.5) is 0 Å². The zero-order valence-corrected chi connectivity index (χ0v) is 17.4. The minimum Gasteiger partial charge on any atom is -0.413 e. The highest BCUT2D eigenvalue weighted by Gasteiger charge is 2.49. The summed E-state index contributed by atoms with van der Waals surface area (Å²) in [7, 11) is -5.41. The van der Waals surface area contributed by atoms with Crippen molar-refractivity contribution in [2.45, 2.75) is 89.6 Å². The molecule has 1 aliphatic rings. The highest BCUT2D eigenvalue weighted by atomic mass is 32.2. The van der Waals surface area contributed by atoms with Crippen LogP contribution in [0.25, 0.3) is 0 Å². The Bertz CT molecular complexity index is 458. The van der Waals surface area contributed by atoms with E-state index >= 15 is 0 Å². The van der Waals surface area contributed by atoms with Crippen LogP contribution < -0.4 is 10.9 Å². The number of hydrogen-bond donors (Lipinski definition) is 2. The molecule has 4 N–H and O–H groups in total. The van der Waals surface area contributed by atoms with E-state index in [2.05, 4.69) is 41.5 Å². The summed E-state index contributed by atoms with van der Waals surface area (Å²) in [5.74, 6) is 0.218. The molecule has 3 atom stereocenters. The zero-order chi connectivity index (χ0) is 18.0. The van der Waals surface area contributed by atoms with E-state index in [4.69, 9.17) is 15.3 Å². The first-order chi connectivity index (χ1) is 10.4. The summed E-state index contributed by atoms with van der Waals surface area (Å²) in [6, 6.07) is 0.101. The van der Waals surface area contributed by atoms with Crippen molar-refractivity contribution < 1.29 is 12.8 Å². The maximum Gasteiger partial charge on any atom is 0.209 e. The lowest BCUT2D eigenvalue weighted by Crippen LogP contribution is -2.51. The van der Waals surface area contributed by atoms with E-state index in [-0.39, 0.29) is 23.8 Å². The van der Waals surface area contributed by atoms with Gasteiger partial charge in [0.05, 0.1) is 5.75 Å². The quantitative estimate of drug-likeness (QED) is 0.647. The fourth-order valence-corrected chi connectivity index (χ4v) is 10.8. The Morgan fingerprint density at radius 3 is 1.91 bits per heavy atom. The van der Waals surface area contributed by atoms with E-state index in [9.17, 15) is 8.42 Å². The van der Waals surface area contributed by atoms with Gasteiger partial charge in [-0.15, -0.1) is 0 Å². The molecular formula is C16H36N2O3SSi. The molecule has 1 fully saturated rings. The van der Waals surface area contributed by atoms with Gasteiger partial charge < -0.3 is 10.2 Å². The van der Waals surface area contributed by atoms with Crippen molar-refractivity contribution in [3.63, 3.8) is 0 Å². The molecule has 0 saturated heterocycles. The summed E-state index contributed by atoms with van der Waals surface area (Å²) in [6.07, 6.45) is 2.29. The van der Waals surface area contributed by atoms with Crippen molar-refractivity contribution in [2.75, 3.05) is 5.75 Å². The summed E-state index contributed by atoms with van der Waals surface area (Å²) in [6.45, 7) is 13.6. The van der Waals surface area contributed by atoms with E-state index < -0.39 is 18.3 Å². The van der Waals surface area contributed by atoms with Gasteiger partial charge in [0.1, 0.15) is 0 Å². The van der Waals surface area contributed by atoms with Crippen molar-refractivity contribution >= 4 is 18.3 Å². The van der Waals surface area contributed by atoms with Crippen LogP contribution in [0, 0.1) is 5.92 Å². The standard InChI is InChI=1S/C16H36N2O3SSi/c1-11(2)23(12(3)4,13(5)6)21-16-10-15(17)9-14(16)7-8-22(18,19)20/h11-16H,7-10,17H2,1-6H3,(H2,18,19,20)/t14-,15+,16-/m0/s1. The van der Waals surface area contributed by atoms with Crippen molar-refractivity contribution in [1.29, 1.82) is 0 Å². The maximum atomic E-state index is 11.3. The third kappa shape index (κ3) is 5.26. The zero-order valence-electron chi connectivity index (χ0n) is 15.6. The molecule has 0 radical (unpaired) electrons. The first kappa shape index (κ1) is 21.1. The Labute approximate surface area is 143 Å². The van der Waals surface area contributed by atoms with Gasteiger partial charge in [0, 0.05) is 12.1 Å². The number of hydrogen-bond acceptors (Lipinski definition) is 4. The van der Waals surface area contributed by atoms with Gasteiger partial charge in [-0.25, -0.2) is 13.6 Å². The van der Waals surface area contributed by atoms with Crippen LogP contribution >= 0.6 is 0 Å². The van der Waals surface area contributed by atoms with Gasteiger partial charge in [-0.2, -0.15) is 0 Å². The van der Waals surface area contributed by atoms with E-state index in [0.29, 0.717) is 23.0 Å². The smallest absolute Gasteiger partial charge is 0.209 e. The molecule has 7 heteroatoms. The molecule has 0 aromatic rings. The highest BCUT2D eigenvalue weighted by Crippen LogP contribution is 2.45. The monoisotopic (exact) mass is 364 g/mol. The van der Waals surface area contributed by atoms with Gasteiger partial charge in [0.2, 0.25) is 18.3 Å². The average Bonchev–Trinajstić information content (AvgIpc) is 2.71. The van der Waals surface area contributed by atoms with Crippen LogP contribution in [0.5, 0.6) is 0 Å². The summed E-state index contributed by atoms with van der Waals surface area (Å²) in [4.78, 5) is 0. The third-order valence-electron chi connectivity index (χ3n) is 5.50.